The number of hydrogen-bond donors (Lipinski definition) is 2. The predicted octanol–water partition coefficient (Wildman–Crippen LogP) is 1.94. The van der Waals surface area contributed by atoms with Gasteiger partial charge in [-0.2, -0.15) is 0 Å². The summed E-state index contributed by atoms with van der Waals surface area (Å²) in [6.45, 7) is 12.5. The number of nitrogens with one attached hydrogen (secondary N) is 2. The van der Waals surface area contributed by atoms with Crippen LogP contribution in [-0.2, 0) is 11.3 Å². The van der Waals surface area contributed by atoms with Gasteiger partial charge in [0, 0.05) is 18.0 Å². The maximum Gasteiger partial charge on any atom is 0.230 e. The fourth-order valence-electron chi connectivity index (χ4n) is 2.67. The molecule has 0 unspecified atom stereocenters. The summed E-state index contributed by atoms with van der Waals surface area (Å²) in [6.07, 6.45) is 4.00. The number of hydrogen-bond acceptors (Lipinski definition) is 5. The molecular weight excluding hydrogens is 310 g/mol. The summed E-state index contributed by atoms with van der Waals surface area (Å²) in [4.78, 5) is 12.0. The molecule has 1 saturated heterocycles. The molecule has 23 heavy (non-hydrogen) atoms. The van der Waals surface area contributed by atoms with Crippen LogP contribution in [0.2, 0.25) is 0 Å². The van der Waals surface area contributed by atoms with Gasteiger partial charge in [0.2, 0.25) is 5.91 Å². The van der Waals surface area contributed by atoms with E-state index >= 15 is 0 Å². The quantitative estimate of drug-likeness (QED) is 0.613. The first kappa shape index (κ1) is 18.0. The summed E-state index contributed by atoms with van der Waals surface area (Å²) >= 11 is 1.43. The molecule has 1 aromatic rings. The Morgan fingerprint density at radius 1 is 1.43 bits per heavy atom. The van der Waals surface area contributed by atoms with Crippen molar-refractivity contribution in [1.29, 1.82) is 0 Å². The Hall–Kier alpha value is -1.34. The lowest BCUT2D eigenvalue weighted by atomic mass is 9.97. The summed E-state index contributed by atoms with van der Waals surface area (Å²) in [6, 6.07) is 0. The average Bonchev–Trinajstić information content (AvgIpc) is 2.88. The van der Waals surface area contributed by atoms with Gasteiger partial charge in [-0.15, -0.1) is 16.8 Å². The van der Waals surface area contributed by atoms with Crippen molar-refractivity contribution in [3.8, 4) is 0 Å². The van der Waals surface area contributed by atoms with Crippen molar-refractivity contribution >= 4 is 17.7 Å². The molecule has 6 nitrogen and oxygen atoms in total. The second-order valence-corrected chi connectivity index (χ2v) is 7.79. The van der Waals surface area contributed by atoms with E-state index in [4.69, 9.17) is 0 Å². The number of carbonyl (C=O) groups is 1. The molecule has 2 rings (SSSR count). The third kappa shape index (κ3) is 5.35. The highest BCUT2D eigenvalue weighted by Crippen LogP contribution is 2.27. The zero-order chi connectivity index (χ0) is 16.9. The molecule has 0 spiro atoms. The maximum absolute atomic E-state index is 12.0. The molecule has 0 bridgehead atoms. The van der Waals surface area contributed by atoms with Crippen LogP contribution < -0.4 is 10.6 Å². The fourth-order valence-corrected chi connectivity index (χ4v) is 3.43. The summed E-state index contributed by atoms with van der Waals surface area (Å²) in [5, 5.41) is 15.8. The van der Waals surface area contributed by atoms with Gasteiger partial charge in [-0.3, -0.25) is 4.79 Å². The first-order chi connectivity index (χ1) is 10.9. The van der Waals surface area contributed by atoms with Crippen LogP contribution in [0.4, 0.5) is 0 Å². The largest absolute Gasteiger partial charge is 0.351 e. The van der Waals surface area contributed by atoms with E-state index in [0.29, 0.717) is 18.2 Å². The number of nitrogens with zero attached hydrogens (tertiary/aromatic N) is 3. The lowest BCUT2D eigenvalue weighted by molar-refractivity contribution is -0.119. The van der Waals surface area contributed by atoms with E-state index in [0.717, 1.165) is 36.9 Å². The zero-order valence-corrected chi connectivity index (χ0v) is 15.1. The highest BCUT2D eigenvalue weighted by atomic mass is 32.2. The molecule has 1 aromatic heterocycles. The van der Waals surface area contributed by atoms with Crippen LogP contribution in [-0.4, -0.2) is 45.1 Å². The van der Waals surface area contributed by atoms with Crippen LogP contribution in [0.25, 0.3) is 0 Å². The standard InChI is InChI=1S/C16H27N5OS/c1-5-10-21-14(12-6-8-17-9-7-12)19-20-15(21)23-11-13(22)18-16(2,3)4/h5,12,17H,1,6-11H2,2-4H3,(H,18,22). The normalized spacial score (nSPS) is 16.3. The fraction of sp³-hybridized carbons (Fsp3) is 0.688. The second kappa shape index (κ2) is 7.97. The van der Waals surface area contributed by atoms with E-state index in [1.165, 1.54) is 11.8 Å². The number of aromatic nitrogens is 3. The maximum atomic E-state index is 12.0. The van der Waals surface area contributed by atoms with Crippen LogP contribution in [0.3, 0.4) is 0 Å². The Morgan fingerprint density at radius 3 is 2.74 bits per heavy atom. The smallest absolute Gasteiger partial charge is 0.230 e. The van der Waals surface area contributed by atoms with Gasteiger partial charge in [0.15, 0.2) is 5.16 Å². The number of amides is 1. The van der Waals surface area contributed by atoms with Crippen LogP contribution in [0, 0.1) is 0 Å². The zero-order valence-electron chi connectivity index (χ0n) is 14.3. The van der Waals surface area contributed by atoms with E-state index in [2.05, 4.69) is 32.0 Å². The molecule has 1 amide bonds. The van der Waals surface area contributed by atoms with Gasteiger partial charge in [-0.05, 0) is 46.7 Å². The minimum Gasteiger partial charge on any atom is -0.351 e. The lowest BCUT2D eigenvalue weighted by Crippen LogP contribution is -2.41. The highest BCUT2D eigenvalue weighted by Gasteiger charge is 2.23. The van der Waals surface area contributed by atoms with E-state index in [1.54, 1.807) is 0 Å². The minimum absolute atomic E-state index is 0.0130. The Balaban J connectivity index is 2.05. The van der Waals surface area contributed by atoms with E-state index in [-0.39, 0.29) is 11.4 Å². The Morgan fingerprint density at radius 2 is 2.13 bits per heavy atom. The minimum atomic E-state index is -0.216. The molecular formula is C16H27N5OS. The Kier molecular flexibility index (Phi) is 6.24. The molecule has 7 heteroatoms. The Labute approximate surface area is 142 Å². The summed E-state index contributed by atoms with van der Waals surface area (Å²) in [5.41, 5.74) is -0.216. The van der Waals surface area contributed by atoms with Crippen molar-refractivity contribution in [1.82, 2.24) is 25.4 Å². The molecule has 2 N–H and O–H groups in total. The molecule has 1 aliphatic rings. The molecule has 0 atom stereocenters. The van der Waals surface area contributed by atoms with Crippen molar-refractivity contribution in [2.24, 2.45) is 0 Å². The molecule has 0 aromatic carbocycles. The molecule has 0 radical (unpaired) electrons. The molecule has 1 fully saturated rings. The van der Waals surface area contributed by atoms with E-state index in [1.807, 2.05) is 26.8 Å². The van der Waals surface area contributed by atoms with Crippen LogP contribution >= 0.6 is 11.8 Å². The molecule has 0 aliphatic carbocycles. The Bertz CT molecular complexity index is 543. The topological polar surface area (TPSA) is 71.8 Å². The van der Waals surface area contributed by atoms with Gasteiger partial charge < -0.3 is 15.2 Å². The van der Waals surface area contributed by atoms with Crippen LogP contribution in [0.5, 0.6) is 0 Å². The number of rotatable bonds is 6. The van der Waals surface area contributed by atoms with Gasteiger partial charge >= 0.3 is 0 Å². The van der Waals surface area contributed by atoms with E-state index < -0.39 is 0 Å². The summed E-state index contributed by atoms with van der Waals surface area (Å²) < 4.78 is 2.10. The van der Waals surface area contributed by atoms with Gasteiger partial charge in [0.1, 0.15) is 5.82 Å². The van der Waals surface area contributed by atoms with Gasteiger partial charge in [0.25, 0.3) is 0 Å². The monoisotopic (exact) mass is 337 g/mol. The number of allylic oxidation sites excluding steroid dienone is 1. The summed E-state index contributed by atoms with van der Waals surface area (Å²) in [7, 11) is 0. The molecule has 2 heterocycles. The van der Waals surface area contributed by atoms with Gasteiger partial charge in [0.05, 0.1) is 5.75 Å². The van der Waals surface area contributed by atoms with Gasteiger partial charge in [-0.1, -0.05) is 17.8 Å². The molecule has 128 valence electrons. The van der Waals surface area contributed by atoms with Crippen molar-refractivity contribution in [2.75, 3.05) is 18.8 Å². The first-order valence-corrected chi connectivity index (χ1v) is 9.08. The SMILES string of the molecule is C=CCn1c(SCC(=O)NC(C)(C)C)nnc1C1CCNCC1. The second-order valence-electron chi connectivity index (χ2n) is 6.85. The molecule has 1 aliphatic heterocycles. The lowest BCUT2D eigenvalue weighted by Gasteiger charge is -2.22. The van der Waals surface area contributed by atoms with Crippen molar-refractivity contribution in [2.45, 2.75) is 56.8 Å². The third-order valence-corrected chi connectivity index (χ3v) is 4.57. The van der Waals surface area contributed by atoms with Crippen molar-refractivity contribution < 1.29 is 4.79 Å². The number of carbonyl (C=O) groups excluding carboxylic acids is 1. The number of piperidine rings is 1. The average molecular weight is 337 g/mol. The van der Waals surface area contributed by atoms with Crippen molar-refractivity contribution in [3.63, 3.8) is 0 Å². The third-order valence-electron chi connectivity index (χ3n) is 3.61. The van der Waals surface area contributed by atoms with Crippen LogP contribution in [0.1, 0.15) is 45.4 Å². The predicted molar refractivity (Wildman–Crippen MR) is 93.7 cm³/mol. The first-order valence-electron chi connectivity index (χ1n) is 8.09. The van der Waals surface area contributed by atoms with E-state index in [9.17, 15) is 4.79 Å². The molecule has 0 saturated carbocycles. The van der Waals surface area contributed by atoms with Gasteiger partial charge in [-0.25, -0.2) is 0 Å². The van der Waals surface area contributed by atoms with Crippen LogP contribution in [0.15, 0.2) is 17.8 Å². The number of thioether (sulfide) groups is 1. The highest BCUT2D eigenvalue weighted by molar-refractivity contribution is 7.99. The van der Waals surface area contributed by atoms with Crippen molar-refractivity contribution in [3.05, 3.63) is 18.5 Å². The summed E-state index contributed by atoms with van der Waals surface area (Å²) in [5.74, 6) is 1.81.